The zero-order valence-electron chi connectivity index (χ0n) is 19.2. The van der Waals surface area contributed by atoms with Gasteiger partial charge in [0, 0.05) is 44.4 Å². The number of benzene rings is 1. The SMILES string of the molecule is CC(=O)Nc1cc(Oc2ccc3nc(-c4cnc(N5CC[C@H](F)C5)n(C)c4=O)ccc3c2)ccn1. The molecule has 3 aromatic heterocycles. The number of fused-ring (bicyclic) bond motifs is 1. The maximum absolute atomic E-state index is 13.6. The fourth-order valence-electron chi connectivity index (χ4n) is 4.08. The predicted octanol–water partition coefficient (Wildman–Crippen LogP) is 3.69. The van der Waals surface area contributed by atoms with Gasteiger partial charge < -0.3 is 15.0 Å². The Kier molecular flexibility index (Phi) is 5.86. The van der Waals surface area contributed by atoms with Crippen molar-refractivity contribution in [1.29, 1.82) is 0 Å². The van der Waals surface area contributed by atoms with E-state index < -0.39 is 6.17 Å². The molecule has 0 bridgehead atoms. The second kappa shape index (κ2) is 9.13. The van der Waals surface area contributed by atoms with Crippen molar-refractivity contribution in [3.05, 3.63) is 65.2 Å². The van der Waals surface area contributed by atoms with Gasteiger partial charge in [0.25, 0.3) is 5.56 Å². The Morgan fingerprint density at radius 2 is 1.97 bits per heavy atom. The van der Waals surface area contributed by atoms with E-state index in [1.54, 1.807) is 42.4 Å². The summed E-state index contributed by atoms with van der Waals surface area (Å²) in [4.78, 5) is 39.2. The molecule has 1 aromatic carbocycles. The Morgan fingerprint density at radius 3 is 2.74 bits per heavy atom. The summed E-state index contributed by atoms with van der Waals surface area (Å²) < 4.78 is 21.0. The third-order valence-electron chi connectivity index (χ3n) is 5.77. The molecule has 1 saturated heterocycles. The molecule has 0 spiro atoms. The molecule has 1 amide bonds. The van der Waals surface area contributed by atoms with Gasteiger partial charge in [0.2, 0.25) is 11.9 Å². The van der Waals surface area contributed by atoms with Crippen LogP contribution in [0.2, 0.25) is 0 Å². The van der Waals surface area contributed by atoms with Crippen molar-refractivity contribution < 1.29 is 13.9 Å². The maximum Gasteiger partial charge on any atom is 0.264 e. The highest BCUT2D eigenvalue weighted by Gasteiger charge is 2.25. The van der Waals surface area contributed by atoms with Gasteiger partial charge in [-0.1, -0.05) is 6.07 Å². The lowest BCUT2D eigenvalue weighted by Gasteiger charge is -2.19. The summed E-state index contributed by atoms with van der Waals surface area (Å²) in [6, 6.07) is 12.4. The van der Waals surface area contributed by atoms with E-state index in [9.17, 15) is 14.0 Å². The summed E-state index contributed by atoms with van der Waals surface area (Å²) in [5.41, 5.74) is 1.33. The lowest BCUT2D eigenvalue weighted by Crippen LogP contribution is -2.30. The number of hydrogen-bond donors (Lipinski definition) is 1. The fraction of sp³-hybridized carbons (Fsp3) is 0.240. The number of carbonyl (C=O) groups excluding carboxylic acids is 1. The molecule has 178 valence electrons. The minimum absolute atomic E-state index is 0.216. The lowest BCUT2D eigenvalue weighted by molar-refractivity contribution is -0.114. The Bertz CT molecular complexity index is 1490. The fourth-order valence-corrected chi connectivity index (χ4v) is 4.08. The largest absolute Gasteiger partial charge is 0.457 e. The summed E-state index contributed by atoms with van der Waals surface area (Å²) in [5.74, 6) is 1.76. The molecule has 5 rings (SSSR count). The highest BCUT2D eigenvalue weighted by Crippen LogP contribution is 2.28. The third-order valence-corrected chi connectivity index (χ3v) is 5.77. The van der Waals surface area contributed by atoms with Gasteiger partial charge in [-0.25, -0.2) is 19.3 Å². The van der Waals surface area contributed by atoms with Gasteiger partial charge in [-0.2, -0.15) is 0 Å². The first kappa shape index (κ1) is 22.5. The summed E-state index contributed by atoms with van der Waals surface area (Å²) in [7, 11) is 1.64. The topological polar surface area (TPSA) is 102 Å². The number of carbonyl (C=O) groups is 1. The molecular formula is C25H23FN6O3. The van der Waals surface area contributed by atoms with Crippen molar-refractivity contribution >= 4 is 28.6 Å². The molecule has 10 heteroatoms. The number of amides is 1. The number of anilines is 2. The zero-order valence-corrected chi connectivity index (χ0v) is 19.2. The van der Waals surface area contributed by atoms with Crippen molar-refractivity contribution in [2.24, 2.45) is 7.05 Å². The molecule has 0 aliphatic carbocycles. The molecule has 1 aliphatic rings. The molecule has 0 radical (unpaired) electrons. The molecule has 1 fully saturated rings. The Labute approximate surface area is 200 Å². The van der Waals surface area contributed by atoms with Crippen LogP contribution in [0.4, 0.5) is 16.2 Å². The van der Waals surface area contributed by atoms with Gasteiger partial charge in [0.15, 0.2) is 0 Å². The number of rotatable bonds is 5. The molecule has 0 saturated carbocycles. The predicted molar refractivity (Wildman–Crippen MR) is 131 cm³/mol. The number of alkyl halides is 1. The Balaban J connectivity index is 1.40. The van der Waals surface area contributed by atoms with Crippen LogP contribution >= 0.6 is 0 Å². The van der Waals surface area contributed by atoms with Gasteiger partial charge in [-0.3, -0.25) is 14.2 Å². The molecule has 4 heterocycles. The van der Waals surface area contributed by atoms with Gasteiger partial charge >= 0.3 is 0 Å². The van der Waals surface area contributed by atoms with Crippen LogP contribution in [0.1, 0.15) is 13.3 Å². The molecule has 4 aromatic rings. The van der Waals surface area contributed by atoms with Crippen LogP contribution in [0.5, 0.6) is 11.5 Å². The van der Waals surface area contributed by atoms with E-state index in [0.29, 0.717) is 53.0 Å². The van der Waals surface area contributed by atoms with Crippen LogP contribution in [-0.2, 0) is 11.8 Å². The number of halogens is 1. The van der Waals surface area contributed by atoms with E-state index in [0.717, 1.165) is 5.39 Å². The zero-order chi connectivity index (χ0) is 24.5. The van der Waals surface area contributed by atoms with Crippen LogP contribution in [0.25, 0.3) is 22.2 Å². The second-order valence-electron chi connectivity index (χ2n) is 8.38. The molecule has 9 nitrogen and oxygen atoms in total. The molecule has 1 aliphatic heterocycles. The van der Waals surface area contributed by atoms with Crippen molar-refractivity contribution in [3.8, 4) is 22.8 Å². The normalized spacial score (nSPS) is 15.4. The van der Waals surface area contributed by atoms with Crippen molar-refractivity contribution in [2.45, 2.75) is 19.5 Å². The first-order valence-electron chi connectivity index (χ1n) is 11.1. The van der Waals surface area contributed by atoms with E-state index in [2.05, 4.69) is 20.3 Å². The van der Waals surface area contributed by atoms with Crippen LogP contribution in [0, 0.1) is 0 Å². The molecular weight excluding hydrogens is 451 g/mol. The Hall–Kier alpha value is -4.34. The summed E-state index contributed by atoms with van der Waals surface area (Å²) in [6.45, 7) is 2.19. The van der Waals surface area contributed by atoms with E-state index in [1.165, 1.54) is 17.7 Å². The number of nitrogens with one attached hydrogen (secondary N) is 1. The van der Waals surface area contributed by atoms with E-state index in [1.807, 2.05) is 18.2 Å². The summed E-state index contributed by atoms with van der Waals surface area (Å²) in [5, 5.41) is 3.45. The molecule has 35 heavy (non-hydrogen) atoms. The van der Waals surface area contributed by atoms with Gasteiger partial charge in [0.05, 0.1) is 23.3 Å². The van der Waals surface area contributed by atoms with Crippen LogP contribution < -0.4 is 20.5 Å². The summed E-state index contributed by atoms with van der Waals surface area (Å²) in [6.07, 6.45) is 2.59. The quantitative estimate of drug-likeness (QED) is 0.471. The first-order valence-corrected chi connectivity index (χ1v) is 11.1. The Morgan fingerprint density at radius 1 is 1.14 bits per heavy atom. The van der Waals surface area contributed by atoms with Crippen molar-refractivity contribution in [3.63, 3.8) is 0 Å². The van der Waals surface area contributed by atoms with E-state index >= 15 is 0 Å². The smallest absolute Gasteiger partial charge is 0.264 e. The summed E-state index contributed by atoms with van der Waals surface area (Å²) >= 11 is 0. The molecule has 0 unspecified atom stereocenters. The highest BCUT2D eigenvalue weighted by atomic mass is 19.1. The molecule has 1 atom stereocenters. The minimum Gasteiger partial charge on any atom is -0.457 e. The van der Waals surface area contributed by atoms with Crippen molar-refractivity contribution in [1.82, 2.24) is 19.5 Å². The second-order valence-corrected chi connectivity index (χ2v) is 8.38. The standard InChI is InChI=1S/C25H23FN6O3/c1-15(33)29-23-12-19(7-9-27-23)35-18-4-6-21-16(11-18)3-5-22(30-21)20-13-28-25(31(2)24(20)34)32-10-8-17(26)14-32/h3-7,9,11-13,17H,8,10,14H2,1-2H3,(H,27,29,33)/t17-/m0/s1. The number of pyridine rings is 2. The van der Waals surface area contributed by atoms with Gasteiger partial charge in [-0.15, -0.1) is 0 Å². The van der Waals surface area contributed by atoms with E-state index in [4.69, 9.17) is 4.74 Å². The average Bonchev–Trinajstić information content (AvgIpc) is 3.26. The van der Waals surface area contributed by atoms with Crippen molar-refractivity contribution in [2.75, 3.05) is 23.3 Å². The minimum atomic E-state index is -0.902. The van der Waals surface area contributed by atoms with Gasteiger partial charge in [0.1, 0.15) is 23.5 Å². The third kappa shape index (κ3) is 4.68. The highest BCUT2D eigenvalue weighted by molar-refractivity contribution is 5.87. The first-order chi connectivity index (χ1) is 16.9. The maximum atomic E-state index is 13.6. The lowest BCUT2D eigenvalue weighted by atomic mass is 10.1. The monoisotopic (exact) mass is 474 g/mol. The van der Waals surface area contributed by atoms with E-state index in [-0.39, 0.29) is 18.0 Å². The van der Waals surface area contributed by atoms with Crippen LogP contribution in [-0.4, -0.2) is 44.7 Å². The van der Waals surface area contributed by atoms with Gasteiger partial charge in [-0.05, 0) is 36.8 Å². The van der Waals surface area contributed by atoms with Crippen LogP contribution in [0.3, 0.4) is 0 Å². The number of aromatic nitrogens is 4. The number of hydrogen-bond acceptors (Lipinski definition) is 7. The number of ether oxygens (including phenoxy) is 1. The number of nitrogens with zero attached hydrogens (tertiary/aromatic N) is 5. The average molecular weight is 474 g/mol. The molecule has 1 N–H and O–H groups in total. The van der Waals surface area contributed by atoms with Crippen LogP contribution in [0.15, 0.2) is 59.7 Å².